The molecule has 0 bridgehead atoms. The van der Waals surface area contributed by atoms with E-state index in [4.69, 9.17) is 0 Å². The second-order valence-corrected chi connectivity index (χ2v) is 6.19. The van der Waals surface area contributed by atoms with Gasteiger partial charge in [-0.25, -0.2) is 0 Å². The second-order valence-electron chi connectivity index (χ2n) is 6.19. The number of amides is 1. The highest BCUT2D eigenvalue weighted by molar-refractivity contribution is 5.92. The molecule has 1 aromatic rings. The molecule has 1 saturated heterocycles. The van der Waals surface area contributed by atoms with Crippen LogP contribution in [0.1, 0.15) is 35.4 Å². The number of piperazine rings is 1. The number of aromatic nitrogens is 2. The Morgan fingerprint density at radius 2 is 2.00 bits per heavy atom. The monoisotopic (exact) mass is 292 g/mol. The van der Waals surface area contributed by atoms with Gasteiger partial charge >= 0.3 is 0 Å². The molecule has 1 amide bonds. The third-order valence-electron chi connectivity index (χ3n) is 4.74. The minimum atomic E-state index is -0.188. The number of aliphatic hydroxyl groups excluding tert-OH is 1. The summed E-state index contributed by atoms with van der Waals surface area (Å²) in [5.41, 5.74) is 1.52. The molecular formula is C15H24N4O2. The van der Waals surface area contributed by atoms with Crippen molar-refractivity contribution in [1.29, 1.82) is 0 Å². The summed E-state index contributed by atoms with van der Waals surface area (Å²) in [5, 5.41) is 14.2. The predicted octanol–water partition coefficient (Wildman–Crippen LogP) is 0.400. The van der Waals surface area contributed by atoms with Crippen molar-refractivity contribution in [2.45, 2.75) is 38.3 Å². The van der Waals surface area contributed by atoms with Crippen molar-refractivity contribution in [3.63, 3.8) is 0 Å². The highest BCUT2D eigenvalue weighted by Crippen LogP contribution is 2.25. The zero-order chi connectivity index (χ0) is 15.0. The summed E-state index contributed by atoms with van der Waals surface area (Å²) >= 11 is 0. The Bertz CT molecular complexity index is 520. The van der Waals surface area contributed by atoms with Crippen molar-refractivity contribution >= 4 is 5.91 Å². The smallest absolute Gasteiger partial charge is 0.272 e. The van der Waals surface area contributed by atoms with Gasteiger partial charge in [0.25, 0.3) is 5.91 Å². The van der Waals surface area contributed by atoms with E-state index in [1.165, 1.54) is 0 Å². The van der Waals surface area contributed by atoms with Crippen molar-refractivity contribution in [2.75, 3.05) is 26.2 Å². The number of nitrogens with zero attached hydrogens (tertiary/aromatic N) is 4. The Kier molecular flexibility index (Phi) is 3.99. The maximum absolute atomic E-state index is 12.5. The Balaban J connectivity index is 1.60. The van der Waals surface area contributed by atoms with Crippen LogP contribution >= 0.6 is 0 Å². The number of aryl methyl sites for hydroxylation is 2. The molecule has 0 unspecified atom stereocenters. The number of carbonyl (C=O) groups excluding carboxylic acids is 1. The van der Waals surface area contributed by atoms with E-state index in [-0.39, 0.29) is 12.0 Å². The fourth-order valence-electron chi connectivity index (χ4n) is 3.58. The van der Waals surface area contributed by atoms with Crippen LogP contribution in [0, 0.1) is 6.92 Å². The number of rotatable bonds is 2. The van der Waals surface area contributed by atoms with Crippen LogP contribution in [0.2, 0.25) is 0 Å². The minimum absolute atomic E-state index is 0.0599. The summed E-state index contributed by atoms with van der Waals surface area (Å²) < 4.78 is 1.66. The molecule has 2 heterocycles. The number of hydrogen-bond donors (Lipinski definition) is 1. The van der Waals surface area contributed by atoms with Crippen molar-refractivity contribution in [1.82, 2.24) is 19.6 Å². The Morgan fingerprint density at radius 1 is 1.29 bits per heavy atom. The van der Waals surface area contributed by atoms with Crippen LogP contribution in [0.3, 0.4) is 0 Å². The average Bonchev–Trinajstić information content (AvgIpc) is 3.04. The summed E-state index contributed by atoms with van der Waals surface area (Å²) in [5.74, 6) is 0.0599. The summed E-state index contributed by atoms with van der Waals surface area (Å²) in [6.45, 7) is 5.06. The first kappa shape index (κ1) is 14.5. The zero-order valence-corrected chi connectivity index (χ0v) is 12.8. The van der Waals surface area contributed by atoms with E-state index >= 15 is 0 Å². The zero-order valence-electron chi connectivity index (χ0n) is 12.8. The Hall–Kier alpha value is -1.40. The molecule has 0 radical (unpaired) electrons. The largest absolute Gasteiger partial charge is 0.391 e. The summed E-state index contributed by atoms with van der Waals surface area (Å²) in [6.07, 6.45) is 2.92. The predicted molar refractivity (Wildman–Crippen MR) is 79.1 cm³/mol. The number of aliphatic hydroxyl groups is 1. The molecule has 2 aliphatic rings. The van der Waals surface area contributed by atoms with Crippen LogP contribution < -0.4 is 0 Å². The van der Waals surface area contributed by atoms with Gasteiger partial charge in [-0.05, 0) is 32.3 Å². The molecule has 1 aromatic heterocycles. The van der Waals surface area contributed by atoms with Gasteiger partial charge in [-0.15, -0.1) is 0 Å². The molecule has 1 aliphatic carbocycles. The van der Waals surface area contributed by atoms with Crippen molar-refractivity contribution < 1.29 is 9.90 Å². The van der Waals surface area contributed by atoms with Crippen molar-refractivity contribution in [2.24, 2.45) is 7.05 Å². The molecule has 3 rings (SSSR count). The van der Waals surface area contributed by atoms with E-state index in [0.29, 0.717) is 11.7 Å². The lowest BCUT2D eigenvalue weighted by atomic mass is 10.1. The molecule has 21 heavy (non-hydrogen) atoms. The van der Waals surface area contributed by atoms with E-state index in [9.17, 15) is 9.90 Å². The molecule has 2 fully saturated rings. The third kappa shape index (κ3) is 2.82. The van der Waals surface area contributed by atoms with Gasteiger partial charge in [-0.2, -0.15) is 5.10 Å². The average molecular weight is 292 g/mol. The SMILES string of the molecule is Cc1cc(C(=O)N2CCN([C@@H]3CCC[C@H]3O)CC2)n(C)n1. The van der Waals surface area contributed by atoms with Crippen molar-refractivity contribution in [3.8, 4) is 0 Å². The summed E-state index contributed by atoms with van der Waals surface area (Å²) in [6, 6.07) is 2.14. The van der Waals surface area contributed by atoms with E-state index in [1.54, 1.807) is 4.68 Å². The second kappa shape index (κ2) is 5.77. The highest BCUT2D eigenvalue weighted by atomic mass is 16.3. The quantitative estimate of drug-likeness (QED) is 0.857. The molecule has 0 aromatic carbocycles. The molecule has 0 spiro atoms. The molecule has 1 N–H and O–H groups in total. The molecule has 6 nitrogen and oxygen atoms in total. The van der Waals surface area contributed by atoms with Crippen LogP contribution in [-0.2, 0) is 7.05 Å². The minimum Gasteiger partial charge on any atom is -0.391 e. The van der Waals surface area contributed by atoms with E-state index in [1.807, 2.05) is 24.9 Å². The summed E-state index contributed by atoms with van der Waals surface area (Å²) in [7, 11) is 1.81. The Labute approximate surface area is 125 Å². The highest BCUT2D eigenvalue weighted by Gasteiger charge is 2.33. The molecule has 6 heteroatoms. The molecule has 1 aliphatic heterocycles. The normalized spacial score (nSPS) is 27.3. The lowest BCUT2D eigenvalue weighted by molar-refractivity contribution is 0.0311. The van der Waals surface area contributed by atoms with Crippen LogP contribution in [0.15, 0.2) is 6.07 Å². The van der Waals surface area contributed by atoms with Gasteiger partial charge in [0.2, 0.25) is 0 Å². The Morgan fingerprint density at radius 3 is 2.52 bits per heavy atom. The molecule has 1 saturated carbocycles. The maximum atomic E-state index is 12.5. The van der Waals surface area contributed by atoms with Gasteiger partial charge in [-0.1, -0.05) is 0 Å². The summed E-state index contributed by atoms with van der Waals surface area (Å²) in [4.78, 5) is 16.8. The molecule has 2 atom stereocenters. The van der Waals surface area contributed by atoms with Crippen LogP contribution in [0.4, 0.5) is 0 Å². The van der Waals surface area contributed by atoms with Gasteiger partial charge in [-0.3, -0.25) is 14.4 Å². The van der Waals surface area contributed by atoms with Gasteiger partial charge in [0, 0.05) is 39.3 Å². The first-order chi connectivity index (χ1) is 10.1. The fraction of sp³-hybridized carbons (Fsp3) is 0.733. The van der Waals surface area contributed by atoms with E-state index < -0.39 is 0 Å². The van der Waals surface area contributed by atoms with Gasteiger partial charge < -0.3 is 10.0 Å². The molecular weight excluding hydrogens is 268 g/mol. The van der Waals surface area contributed by atoms with Gasteiger partial charge in [0.15, 0.2) is 0 Å². The standard InChI is InChI=1S/C15H24N4O2/c1-11-10-13(17(2)16-11)15(21)19-8-6-18(7-9-19)12-4-3-5-14(12)20/h10,12,14,20H,3-9H2,1-2H3/t12-,14-/m1/s1. The molecule has 116 valence electrons. The topological polar surface area (TPSA) is 61.6 Å². The lowest BCUT2D eigenvalue weighted by Crippen LogP contribution is -2.53. The lowest BCUT2D eigenvalue weighted by Gasteiger charge is -2.39. The van der Waals surface area contributed by atoms with Gasteiger partial charge in [0.05, 0.1) is 11.8 Å². The first-order valence-electron chi connectivity index (χ1n) is 7.78. The van der Waals surface area contributed by atoms with Crippen LogP contribution in [0.25, 0.3) is 0 Å². The van der Waals surface area contributed by atoms with Crippen LogP contribution in [-0.4, -0.2) is 68.9 Å². The number of carbonyl (C=O) groups is 1. The van der Waals surface area contributed by atoms with Crippen molar-refractivity contribution in [3.05, 3.63) is 17.5 Å². The first-order valence-corrected chi connectivity index (χ1v) is 7.78. The fourth-order valence-corrected chi connectivity index (χ4v) is 3.58. The van der Waals surface area contributed by atoms with Gasteiger partial charge in [0.1, 0.15) is 5.69 Å². The van der Waals surface area contributed by atoms with E-state index in [0.717, 1.165) is 51.1 Å². The number of hydrogen-bond acceptors (Lipinski definition) is 4. The van der Waals surface area contributed by atoms with E-state index in [2.05, 4.69) is 10.00 Å². The maximum Gasteiger partial charge on any atom is 0.272 e. The van der Waals surface area contributed by atoms with Crippen LogP contribution in [0.5, 0.6) is 0 Å². The third-order valence-corrected chi connectivity index (χ3v) is 4.74.